The summed E-state index contributed by atoms with van der Waals surface area (Å²) in [4.78, 5) is 34.9. The molecule has 0 saturated heterocycles. The van der Waals surface area contributed by atoms with Gasteiger partial charge in [0.05, 0.1) is 18.6 Å². The van der Waals surface area contributed by atoms with Gasteiger partial charge in [-0.1, -0.05) is 0 Å². The third-order valence-corrected chi connectivity index (χ3v) is 2.62. The normalized spacial score (nSPS) is 9.90. The van der Waals surface area contributed by atoms with Crippen molar-refractivity contribution >= 4 is 23.5 Å². The Balaban J connectivity index is 2.85. The van der Waals surface area contributed by atoms with Crippen LogP contribution in [-0.4, -0.2) is 36.1 Å². The molecule has 0 bridgehead atoms. The molecular formula is C14H17NO5. The number of hydrogen-bond donors (Lipinski definition) is 1. The molecule has 0 saturated carbocycles. The number of esters is 1. The molecule has 6 heteroatoms. The van der Waals surface area contributed by atoms with E-state index in [1.54, 1.807) is 31.2 Å². The highest BCUT2D eigenvalue weighted by molar-refractivity contribution is 5.94. The summed E-state index contributed by atoms with van der Waals surface area (Å²) in [6.07, 6.45) is -0.140. The first kappa shape index (κ1) is 15.7. The molecule has 0 spiro atoms. The van der Waals surface area contributed by atoms with Crippen LogP contribution in [0.2, 0.25) is 0 Å². The molecule has 6 nitrogen and oxygen atoms in total. The zero-order chi connectivity index (χ0) is 15.1. The summed E-state index contributed by atoms with van der Waals surface area (Å²) in [5, 5.41) is 8.67. The van der Waals surface area contributed by atoms with E-state index in [4.69, 9.17) is 9.84 Å². The predicted octanol–water partition coefficient (Wildman–Crippen LogP) is 1.69. The van der Waals surface area contributed by atoms with Crippen molar-refractivity contribution in [2.45, 2.75) is 20.3 Å². The molecule has 1 amide bonds. The van der Waals surface area contributed by atoms with Crippen LogP contribution in [-0.2, 0) is 14.3 Å². The third kappa shape index (κ3) is 4.38. The highest BCUT2D eigenvalue weighted by Crippen LogP contribution is 2.16. The molecule has 0 aliphatic carbocycles. The number of ether oxygens (including phenoxy) is 1. The van der Waals surface area contributed by atoms with Crippen LogP contribution < -0.4 is 4.90 Å². The van der Waals surface area contributed by atoms with Crippen molar-refractivity contribution < 1.29 is 24.2 Å². The van der Waals surface area contributed by atoms with E-state index >= 15 is 0 Å². The second-order valence-electron chi connectivity index (χ2n) is 4.08. The molecular weight excluding hydrogens is 262 g/mol. The van der Waals surface area contributed by atoms with Crippen molar-refractivity contribution in [3.8, 4) is 0 Å². The maximum Gasteiger partial charge on any atom is 0.338 e. The lowest BCUT2D eigenvalue weighted by Crippen LogP contribution is -2.30. The quantitative estimate of drug-likeness (QED) is 0.801. The van der Waals surface area contributed by atoms with Crippen LogP contribution in [0.3, 0.4) is 0 Å². The smallest absolute Gasteiger partial charge is 0.338 e. The fourth-order valence-corrected chi connectivity index (χ4v) is 1.67. The van der Waals surface area contributed by atoms with Crippen LogP contribution in [0, 0.1) is 0 Å². The number of amides is 1. The number of carbonyl (C=O) groups excluding carboxylic acids is 2. The van der Waals surface area contributed by atoms with Crippen LogP contribution in [0.5, 0.6) is 0 Å². The Hall–Kier alpha value is -2.37. The van der Waals surface area contributed by atoms with Crippen molar-refractivity contribution in [1.82, 2.24) is 0 Å². The molecule has 0 heterocycles. The van der Waals surface area contributed by atoms with Gasteiger partial charge >= 0.3 is 11.9 Å². The fourth-order valence-electron chi connectivity index (χ4n) is 1.67. The molecule has 0 unspecified atom stereocenters. The van der Waals surface area contributed by atoms with Gasteiger partial charge in [0.25, 0.3) is 0 Å². The average molecular weight is 279 g/mol. The number of anilines is 1. The van der Waals surface area contributed by atoms with Crippen molar-refractivity contribution in [3.63, 3.8) is 0 Å². The summed E-state index contributed by atoms with van der Waals surface area (Å²) in [6.45, 7) is 3.46. The van der Waals surface area contributed by atoms with Gasteiger partial charge in [0, 0.05) is 19.2 Å². The topological polar surface area (TPSA) is 83.9 Å². The number of carboxylic acids is 1. The van der Waals surface area contributed by atoms with E-state index < -0.39 is 11.9 Å². The summed E-state index contributed by atoms with van der Waals surface area (Å²) < 4.78 is 4.86. The Morgan fingerprint density at radius 3 is 2.25 bits per heavy atom. The lowest BCUT2D eigenvalue weighted by atomic mass is 10.2. The van der Waals surface area contributed by atoms with E-state index in [2.05, 4.69) is 0 Å². The summed E-state index contributed by atoms with van der Waals surface area (Å²) in [5.41, 5.74) is 0.934. The average Bonchev–Trinajstić information content (AvgIpc) is 2.39. The molecule has 0 radical (unpaired) electrons. The van der Waals surface area contributed by atoms with Gasteiger partial charge in [0.2, 0.25) is 5.91 Å². The maximum absolute atomic E-state index is 11.5. The summed E-state index contributed by atoms with van der Waals surface area (Å²) >= 11 is 0. The Morgan fingerprint density at radius 2 is 1.80 bits per heavy atom. The van der Waals surface area contributed by atoms with Gasteiger partial charge in [0.1, 0.15) is 0 Å². The van der Waals surface area contributed by atoms with Crippen LogP contribution in [0.4, 0.5) is 5.69 Å². The van der Waals surface area contributed by atoms with Crippen LogP contribution in [0.25, 0.3) is 0 Å². The number of benzene rings is 1. The van der Waals surface area contributed by atoms with Gasteiger partial charge in [-0.3, -0.25) is 9.59 Å². The van der Waals surface area contributed by atoms with Gasteiger partial charge in [-0.15, -0.1) is 0 Å². The highest BCUT2D eigenvalue weighted by Gasteiger charge is 2.14. The highest BCUT2D eigenvalue weighted by atomic mass is 16.5. The molecule has 1 rings (SSSR count). The Kier molecular flexibility index (Phi) is 5.71. The fraction of sp³-hybridized carbons (Fsp3) is 0.357. The lowest BCUT2D eigenvalue weighted by molar-refractivity contribution is -0.136. The van der Waals surface area contributed by atoms with Crippen molar-refractivity contribution in [2.75, 3.05) is 18.1 Å². The second kappa shape index (κ2) is 7.28. The van der Waals surface area contributed by atoms with E-state index in [9.17, 15) is 14.4 Å². The Morgan fingerprint density at radius 1 is 1.20 bits per heavy atom. The molecule has 1 aromatic carbocycles. The van der Waals surface area contributed by atoms with Crippen molar-refractivity contribution in [1.29, 1.82) is 0 Å². The molecule has 0 aliphatic heterocycles. The first-order valence-electron chi connectivity index (χ1n) is 6.22. The van der Waals surface area contributed by atoms with Gasteiger partial charge in [-0.05, 0) is 31.2 Å². The van der Waals surface area contributed by atoms with Crippen LogP contribution in [0.15, 0.2) is 24.3 Å². The minimum Gasteiger partial charge on any atom is -0.481 e. The molecule has 0 fully saturated rings. The van der Waals surface area contributed by atoms with Gasteiger partial charge in [-0.2, -0.15) is 0 Å². The predicted molar refractivity (Wildman–Crippen MR) is 72.7 cm³/mol. The third-order valence-electron chi connectivity index (χ3n) is 2.62. The Bertz CT molecular complexity index is 495. The zero-order valence-electron chi connectivity index (χ0n) is 11.5. The molecule has 0 atom stereocenters. The largest absolute Gasteiger partial charge is 0.481 e. The number of carbonyl (C=O) groups is 3. The maximum atomic E-state index is 11.5. The number of aliphatic carboxylic acids is 1. The van der Waals surface area contributed by atoms with Crippen LogP contribution >= 0.6 is 0 Å². The van der Waals surface area contributed by atoms with E-state index in [0.717, 1.165) is 0 Å². The van der Waals surface area contributed by atoms with E-state index in [1.807, 2.05) is 0 Å². The molecule has 108 valence electrons. The first-order valence-corrected chi connectivity index (χ1v) is 6.22. The van der Waals surface area contributed by atoms with Gasteiger partial charge in [-0.25, -0.2) is 4.79 Å². The molecule has 20 heavy (non-hydrogen) atoms. The molecule has 0 aliphatic rings. The number of nitrogens with zero attached hydrogens (tertiary/aromatic N) is 1. The monoisotopic (exact) mass is 279 g/mol. The molecule has 1 aromatic rings. The van der Waals surface area contributed by atoms with Gasteiger partial charge < -0.3 is 14.7 Å². The van der Waals surface area contributed by atoms with E-state index in [0.29, 0.717) is 17.9 Å². The number of hydrogen-bond acceptors (Lipinski definition) is 4. The minimum atomic E-state index is -0.973. The lowest BCUT2D eigenvalue weighted by Gasteiger charge is -2.20. The Labute approximate surface area is 117 Å². The van der Waals surface area contributed by atoms with Crippen molar-refractivity contribution in [2.24, 2.45) is 0 Å². The molecule has 1 N–H and O–H groups in total. The molecule has 0 aromatic heterocycles. The van der Waals surface area contributed by atoms with Crippen molar-refractivity contribution in [3.05, 3.63) is 29.8 Å². The van der Waals surface area contributed by atoms with Gasteiger partial charge in [0.15, 0.2) is 0 Å². The second-order valence-corrected chi connectivity index (χ2v) is 4.08. The summed E-state index contributed by atoms with van der Waals surface area (Å²) in [7, 11) is 0. The van der Waals surface area contributed by atoms with Crippen LogP contribution in [0.1, 0.15) is 30.6 Å². The standard InChI is InChI=1S/C14H17NO5/c1-3-20-14(19)11-4-6-12(7-5-11)15(10(2)16)9-8-13(17)18/h4-7H,3,8-9H2,1-2H3,(H,17,18). The zero-order valence-corrected chi connectivity index (χ0v) is 11.5. The first-order chi connectivity index (χ1) is 9.45. The van der Waals surface area contributed by atoms with E-state index in [-0.39, 0.29) is 18.9 Å². The minimum absolute atomic E-state index is 0.0867. The number of carboxylic acid groups (broad SMARTS) is 1. The van der Waals surface area contributed by atoms with E-state index in [1.165, 1.54) is 11.8 Å². The SMILES string of the molecule is CCOC(=O)c1ccc(N(CCC(=O)O)C(C)=O)cc1. The summed E-state index contributed by atoms with van der Waals surface area (Å²) in [5.74, 6) is -1.66. The number of rotatable bonds is 6. The summed E-state index contributed by atoms with van der Waals surface area (Å²) in [6, 6.07) is 6.28.